The van der Waals surface area contributed by atoms with Gasteiger partial charge < -0.3 is 15.3 Å². The van der Waals surface area contributed by atoms with E-state index in [2.05, 4.69) is 76.3 Å². The van der Waals surface area contributed by atoms with E-state index in [1.54, 1.807) is 23.5 Å². The van der Waals surface area contributed by atoms with Gasteiger partial charge >= 0.3 is 5.97 Å². The standard InChI is InChI=1S/C34H32FN3O2S/c35-31(33(39)40)21-26-15-17-30(18-16-26)36-22-27-11-13-28(14-12-27)23-38(20-19-25-7-3-1-4-8-25)34-37-32(24-41-34)29-9-5-2-6-10-29/h1-18,24,31,36H,19-23H2,(H,39,40). The smallest absolute Gasteiger partial charge is 0.338 e. The molecule has 0 aliphatic carbocycles. The van der Waals surface area contributed by atoms with Gasteiger partial charge in [-0.1, -0.05) is 97.1 Å². The summed E-state index contributed by atoms with van der Waals surface area (Å²) in [6.07, 6.45) is -1.08. The molecule has 4 aromatic carbocycles. The Morgan fingerprint density at radius 1 is 0.829 bits per heavy atom. The SMILES string of the molecule is O=C(O)C(F)Cc1ccc(NCc2ccc(CN(CCc3ccccc3)c3nc(-c4ccccc4)cs3)cc2)cc1. The maximum absolute atomic E-state index is 13.5. The van der Waals surface area contributed by atoms with Gasteiger partial charge in [0.1, 0.15) is 0 Å². The molecule has 0 saturated heterocycles. The number of benzene rings is 4. The Balaban J connectivity index is 1.22. The molecule has 1 heterocycles. The first-order valence-electron chi connectivity index (χ1n) is 13.6. The molecule has 0 aliphatic rings. The third-order valence-electron chi connectivity index (χ3n) is 6.88. The van der Waals surface area contributed by atoms with E-state index in [0.717, 1.165) is 47.2 Å². The molecule has 0 spiro atoms. The molecule has 0 radical (unpaired) electrons. The monoisotopic (exact) mass is 565 g/mol. The molecule has 7 heteroatoms. The normalized spacial score (nSPS) is 11.6. The van der Waals surface area contributed by atoms with Gasteiger partial charge in [-0.15, -0.1) is 11.3 Å². The van der Waals surface area contributed by atoms with Crippen LogP contribution < -0.4 is 10.2 Å². The highest BCUT2D eigenvalue weighted by molar-refractivity contribution is 7.14. The summed E-state index contributed by atoms with van der Waals surface area (Å²) in [5.41, 5.74) is 7.33. The molecule has 1 aromatic heterocycles. The lowest BCUT2D eigenvalue weighted by Crippen LogP contribution is -2.25. The second kappa shape index (κ2) is 13.7. The van der Waals surface area contributed by atoms with Crippen LogP contribution in [-0.4, -0.2) is 28.8 Å². The van der Waals surface area contributed by atoms with Crippen molar-refractivity contribution in [1.82, 2.24) is 4.98 Å². The summed E-state index contributed by atoms with van der Waals surface area (Å²) >= 11 is 1.68. The topological polar surface area (TPSA) is 65.5 Å². The zero-order valence-corrected chi connectivity index (χ0v) is 23.4. The number of rotatable bonds is 13. The summed E-state index contributed by atoms with van der Waals surface area (Å²) in [4.78, 5) is 18.1. The van der Waals surface area contributed by atoms with Gasteiger partial charge in [0.05, 0.1) is 5.69 Å². The van der Waals surface area contributed by atoms with Crippen LogP contribution in [0.25, 0.3) is 11.3 Å². The second-order valence-electron chi connectivity index (χ2n) is 9.92. The number of alkyl halides is 1. The highest BCUT2D eigenvalue weighted by atomic mass is 32.1. The average Bonchev–Trinajstić information content (AvgIpc) is 3.51. The zero-order chi connectivity index (χ0) is 28.4. The highest BCUT2D eigenvalue weighted by Crippen LogP contribution is 2.29. The Morgan fingerprint density at radius 2 is 1.46 bits per heavy atom. The maximum Gasteiger partial charge on any atom is 0.338 e. The van der Waals surface area contributed by atoms with Crippen LogP contribution in [0.3, 0.4) is 0 Å². The number of halogens is 1. The Labute approximate surface area is 244 Å². The quantitative estimate of drug-likeness (QED) is 0.154. The van der Waals surface area contributed by atoms with E-state index >= 15 is 0 Å². The molecule has 41 heavy (non-hydrogen) atoms. The van der Waals surface area contributed by atoms with Crippen molar-refractivity contribution in [3.8, 4) is 11.3 Å². The molecule has 5 nitrogen and oxygen atoms in total. The number of thiazole rings is 1. The number of carboxylic acid groups (broad SMARTS) is 1. The van der Waals surface area contributed by atoms with Gasteiger partial charge in [0.15, 0.2) is 5.13 Å². The van der Waals surface area contributed by atoms with Gasteiger partial charge in [-0.05, 0) is 40.8 Å². The third kappa shape index (κ3) is 8.02. The number of hydrogen-bond acceptors (Lipinski definition) is 5. The van der Waals surface area contributed by atoms with E-state index in [9.17, 15) is 9.18 Å². The number of carbonyl (C=O) groups is 1. The number of aliphatic carboxylic acids is 1. The summed E-state index contributed by atoms with van der Waals surface area (Å²) in [6.45, 7) is 2.27. The van der Waals surface area contributed by atoms with E-state index in [1.165, 1.54) is 11.1 Å². The Morgan fingerprint density at radius 3 is 2.15 bits per heavy atom. The molecule has 2 N–H and O–H groups in total. The molecule has 1 unspecified atom stereocenters. The van der Waals surface area contributed by atoms with Crippen molar-refractivity contribution in [2.45, 2.75) is 32.1 Å². The van der Waals surface area contributed by atoms with Crippen LogP contribution in [0.4, 0.5) is 15.2 Å². The molecule has 0 amide bonds. The molecule has 0 fully saturated rings. The lowest BCUT2D eigenvalue weighted by molar-refractivity contribution is -0.142. The van der Waals surface area contributed by atoms with Crippen molar-refractivity contribution in [2.75, 3.05) is 16.8 Å². The van der Waals surface area contributed by atoms with E-state index < -0.39 is 12.1 Å². The predicted molar refractivity (Wildman–Crippen MR) is 165 cm³/mol. The molecule has 208 valence electrons. The van der Waals surface area contributed by atoms with Crippen molar-refractivity contribution >= 4 is 28.1 Å². The van der Waals surface area contributed by atoms with Gasteiger partial charge in [-0.25, -0.2) is 14.2 Å². The van der Waals surface area contributed by atoms with E-state index in [0.29, 0.717) is 12.1 Å². The van der Waals surface area contributed by atoms with Crippen LogP contribution in [-0.2, 0) is 30.7 Å². The fourth-order valence-electron chi connectivity index (χ4n) is 4.54. The van der Waals surface area contributed by atoms with E-state index in [4.69, 9.17) is 10.1 Å². The molecule has 0 saturated carbocycles. The summed E-state index contributed by atoms with van der Waals surface area (Å²) in [5, 5.41) is 15.3. The van der Waals surface area contributed by atoms with Crippen LogP contribution >= 0.6 is 11.3 Å². The fourth-order valence-corrected chi connectivity index (χ4v) is 5.40. The number of aromatic nitrogens is 1. The molecule has 1 atom stereocenters. The van der Waals surface area contributed by atoms with Gasteiger partial charge in [0, 0.05) is 42.7 Å². The Bertz CT molecular complexity index is 1520. The Hall–Kier alpha value is -4.49. The fraction of sp³-hybridized carbons (Fsp3) is 0.176. The van der Waals surface area contributed by atoms with Crippen LogP contribution in [0.1, 0.15) is 22.3 Å². The number of nitrogens with zero attached hydrogens (tertiary/aromatic N) is 2. The van der Waals surface area contributed by atoms with Crippen molar-refractivity contribution < 1.29 is 14.3 Å². The maximum atomic E-state index is 13.5. The summed E-state index contributed by atoms with van der Waals surface area (Å²) in [5.74, 6) is -1.43. The molecular formula is C34H32FN3O2S. The molecule has 0 bridgehead atoms. The first-order chi connectivity index (χ1) is 20.0. The van der Waals surface area contributed by atoms with Crippen LogP contribution in [0.15, 0.2) is 115 Å². The van der Waals surface area contributed by atoms with Crippen LogP contribution in [0, 0.1) is 0 Å². The minimum atomic E-state index is -1.89. The van der Waals surface area contributed by atoms with Crippen molar-refractivity contribution in [2.24, 2.45) is 0 Å². The minimum absolute atomic E-state index is 0.131. The second-order valence-corrected chi connectivity index (χ2v) is 10.8. The van der Waals surface area contributed by atoms with Gasteiger partial charge in [0.2, 0.25) is 6.17 Å². The Kier molecular flexibility index (Phi) is 9.39. The van der Waals surface area contributed by atoms with Crippen molar-refractivity contribution in [1.29, 1.82) is 0 Å². The number of nitrogens with one attached hydrogen (secondary N) is 1. The van der Waals surface area contributed by atoms with Gasteiger partial charge in [-0.3, -0.25) is 0 Å². The van der Waals surface area contributed by atoms with Gasteiger partial charge in [0.25, 0.3) is 0 Å². The number of hydrogen-bond donors (Lipinski definition) is 2. The lowest BCUT2D eigenvalue weighted by Gasteiger charge is -2.22. The average molecular weight is 566 g/mol. The third-order valence-corrected chi connectivity index (χ3v) is 7.78. The van der Waals surface area contributed by atoms with Crippen molar-refractivity contribution in [3.63, 3.8) is 0 Å². The molecule has 0 aliphatic heterocycles. The largest absolute Gasteiger partial charge is 0.479 e. The number of anilines is 2. The minimum Gasteiger partial charge on any atom is -0.479 e. The lowest BCUT2D eigenvalue weighted by atomic mass is 10.1. The summed E-state index contributed by atoms with van der Waals surface area (Å²) < 4.78 is 13.5. The predicted octanol–water partition coefficient (Wildman–Crippen LogP) is 7.64. The first kappa shape index (κ1) is 28.1. The van der Waals surface area contributed by atoms with E-state index in [-0.39, 0.29) is 6.42 Å². The van der Waals surface area contributed by atoms with Gasteiger partial charge in [-0.2, -0.15) is 0 Å². The summed E-state index contributed by atoms with van der Waals surface area (Å²) in [7, 11) is 0. The first-order valence-corrected chi connectivity index (χ1v) is 14.5. The van der Waals surface area contributed by atoms with E-state index in [1.807, 2.05) is 36.4 Å². The molecular weight excluding hydrogens is 533 g/mol. The number of carboxylic acids is 1. The molecule has 5 rings (SSSR count). The van der Waals surface area contributed by atoms with Crippen molar-refractivity contribution in [3.05, 3.63) is 137 Å². The summed E-state index contributed by atoms with van der Waals surface area (Å²) in [6, 6.07) is 36.6. The van der Waals surface area contributed by atoms with Crippen LogP contribution in [0.5, 0.6) is 0 Å². The van der Waals surface area contributed by atoms with Crippen LogP contribution in [0.2, 0.25) is 0 Å². The zero-order valence-electron chi connectivity index (χ0n) is 22.6. The molecule has 5 aromatic rings. The highest BCUT2D eigenvalue weighted by Gasteiger charge is 2.16.